The van der Waals surface area contributed by atoms with E-state index in [4.69, 9.17) is 0 Å². The van der Waals surface area contributed by atoms with Crippen LogP contribution in [0.3, 0.4) is 0 Å². The second-order valence-corrected chi connectivity index (χ2v) is 6.37. The third-order valence-corrected chi connectivity index (χ3v) is 4.82. The predicted molar refractivity (Wildman–Crippen MR) is 92.4 cm³/mol. The molecule has 0 atom stereocenters. The van der Waals surface area contributed by atoms with E-state index >= 15 is 0 Å². The molecule has 0 aromatic heterocycles. The third kappa shape index (κ3) is 2.60. The predicted octanol–water partition coefficient (Wildman–Crippen LogP) is 1.44. The fourth-order valence-corrected chi connectivity index (χ4v) is 3.45. The van der Waals surface area contributed by atoms with Crippen LogP contribution in [0.15, 0.2) is 48.5 Å². The summed E-state index contributed by atoms with van der Waals surface area (Å²) >= 11 is 0. The van der Waals surface area contributed by atoms with Crippen molar-refractivity contribution >= 4 is 23.6 Å². The largest absolute Gasteiger partial charge is 0.276 e. The highest BCUT2D eigenvalue weighted by molar-refractivity contribution is 6.11. The molecule has 6 heteroatoms. The van der Waals surface area contributed by atoms with E-state index in [9.17, 15) is 19.2 Å². The number of rotatable bonds is 3. The van der Waals surface area contributed by atoms with E-state index in [0.717, 1.165) is 9.80 Å². The molecule has 2 aromatic carbocycles. The first-order chi connectivity index (χ1) is 12.6. The maximum atomic E-state index is 12.6. The summed E-state index contributed by atoms with van der Waals surface area (Å²) in [5, 5.41) is 0. The highest BCUT2D eigenvalue weighted by Crippen LogP contribution is 2.22. The molecule has 2 aromatic rings. The Bertz CT molecular complexity index is 873. The van der Waals surface area contributed by atoms with E-state index in [2.05, 4.69) is 0 Å². The van der Waals surface area contributed by atoms with Gasteiger partial charge in [-0.15, -0.1) is 0 Å². The van der Waals surface area contributed by atoms with Gasteiger partial charge in [0.05, 0.1) is 12.8 Å². The number of fused-ring (bicyclic) bond motifs is 2. The first-order valence-electron chi connectivity index (χ1n) is 8.41. The van der Waals surface area contributed by atoms with Crippen LogP contribution in [-0.2, 0) is 22.4 Å². The molecule has 0 unspecified atom stereocenters. The minimum atomic E-state index is -0.380. The maximum absolute atomic E-state index is 12.6. The van der Waals surface area contributed by atoms with Crippen molar-refractivity contribution in [3.05, 3.63) is 70.8 Å². The molecule has 0 saturated carbocycles. The summed E-state index contributed by atoms with van der Waals surface area (Å²) in [7, 11) is 0. The summed E-state index contributed by atoms with van der Waals surface area (Å²) in [6.07, 6.45) is 0.291. The van der Waals surface area contributed by atoms with Gasteiger partial charge in [0.25, 0.3) is 11.8 Å². The van der Waals surface area contributed by atoms with Crippen LogP contribution in [0, 0.1) is 0 Å². The maximum Gasteiger partial charge on any atom is 0.260 e. The lowest BCUT2D eigenvalue weighted by Crippen LogP contribution is -2.50. The lowest BCUT2D eigenvalue weighted by atomic mass is 9.97. The fourth-order valence-electron chi connectivity index (χ4n) is 3.45. The Labute approximate surface area is 150 Å². The highest BCUT2D eigenvalue weighted by Gasteiger charge is 2.34. The van der Waals surface area contributed by atoms with Gasteiger partial charge in [-0.1, -0.05) is 36.4 Å². The van der Waals surface area contributed by atoms with Crippen molar-refractivity contribution in [1.82, 2.24) is 9.80 Å². The number of amides is 4. The molecule has 2 aliphatic heterocycles. The lowest BCUT2D eigenvalue weighted by molar-refractivity contribution is -0.132. The van der Waals surface area contributed by atoms with Gasteiger partial charge in [0.15, 0.2) is 0 Å². The summed E-state index contributed by atoms with van der Waals surface area (Å²) in [5.74, 6) is -1.39. The number of benzene rings is 2. The number of hydrogen-bond donors (Lipinski definition) is 0. The standard InChI is InChI=1S/C20H16N2O4/c23-17-11-13-5-1-3-7-15(13)19(25)21(17)9-10-22-18(24)12-14-6-2-4-8-16(14)20(22)26/h1-8H,9-12H2. The minimum Gasteiger partial charge on any atom is -0.276 e. The van der Waals surface area contributed by atoms with E-state index in [1.165, 1.54) is 0 Å². The van der Waals surface area contributed by atoms with E-state index in [1.54, 1.807) is 48.5 Å². The topological polar surface area (TPSA) is 74.8 Å². The highest BCUT2D eigenvalue weighted by atomic mass is 16.2. The van der Waals surface area contributed by atoms with Crippen molar-refractivity contribution in [3.63, 3.8) is 0 Å². The zero-order valence-electron chi connectivity index (χ0n) is 14.0. The molecule has 0 radical (unpaired) electrons. The van der Waals surface area contributed by atoms with Crippen LogP contribution in [0.5, 0.6) is 0 Å². The molecule has 0 saturated heterocycles. The number of hydrogen-bond acceptors (Lipinski definition) is 4. The van der Waals surface area contributed by atoms with Crippen LogP contribution >= 0.6 is 0 Å². The van der Waals surface area contributed by atoms with Crippen LogP contribution in [0.4, 0.5) is 0 Å². The number of carbonyl (C=O) groups is 4. The Morgan fingerprint density at radius 3 is 1.42 bits per heavy atom. The van der Waals surface area contributed by atoms with Crippen molar-refractivity contribution in [2.45, 2.75) is 12.8 Å². The van der Waals surface area contributed by atoms with Crippen molar-refractivity contribution in [2.24, 2.45) is 0 Å². The van der Waals surface area contributed by atoms with Crippen LogP contribution in [0.1, 0.15) is 31.8 Å². The van der Waals surface area contributed by atoms with Crippen molar-refractivity contribution < 1.29 is 19.2 Å². The van der Waals surface area contributed by atoms with Crippen LogP contribution in [0.25, 0.3) is 0 Å². The third-order valence-electron chi connectivity index (χ3n) is 4.82. The molecule has 0 bridgehead atoms. The molecule has 4 amide bonds. The van der Waals surface area contributed by atoms with Gasteiger partial charge in [0.2, 0.25) is 11.8 Å². The molecule has 0 N–H and O–H groups in total. The average Bonchev–Trinajstić information content (AvgIpc) is 2.64. The van der Waals surface area contributed by atoms with Crippen LogP contribution in [-0.4, -0.2) is 46.5 Å². The van der Waals surface area contributed by atoms with E-state index < -0.39 is 0 Å². The van der Waals surface area contributed by atoms with Crippen LogP contribution < -0.4 is 0 Å². The SMILES string of the molecule is O=C1Cc2ccccc2C(=O)N1CCN1C(=O)Cc2ccccc2C1=O. The smallest absolute Gasteiger partial charge is 0.260 e. The van der Waals surface area contributed by atoms with Crippen molar-refractivity contribution in [2.75, 3.05) is 13.1 Å². The molecule has 2 heterocycles. The van der Waals surface area contributed by atoms with Gasteiger partial charge in [0, 0.05) is 24.2 Å². The summed E-state index contributed by atoms with van der Waals surface area (Å²) in [6, 6.07) is 14.0. The molecule has 26 heavy (non-hydrogen) atoms. The zero-order valence-corrected chi connectivity index (χ0v) is 14.0. The molecule has 2 aliphatic rings. The molecule has 0 aliphatic carbocycles. The summed E-state index contributed by atoms with van der Waals surface area (Å²) in [4.78, 5) is 52.0. The Hall–Kier alpha value is -3.28. The zero-order chi connectivity index (χ0) is 18.3. The van der Waals surface area contributed by atoms with Gasteiger partial charge >= 0.3 is 0 Å². The Morgan fingerprint density at radius 2 is 1.00 bits per heavy atom. The molecule has 130 valence electrons. The summed E-state index contributed by atoms with van der Waals surface area (Å²) < 4.78 is 0. The second kappa shape index (κ2) is 6.22. The monoisotopic (exact) mass is 348 g/mol. The number of nitrogens with zero attached hydrogens (tertiary/aromatic N) is 2. The summed E-state index contributed by atoms with van der Waals surface area (Å²) in [5.41, 5.74) is 2.40. The van der Waals surface area contributed by atoms with Crippen LogP contribution in [0.2, 0.25) is 0 Å². The van der Waals surface area contributed by atoms with Gasteiger partial charge in [-0.25, -0.2) is 0 Å². The molecule has 6 nitrogen and oxygen atoms in total. The fraction of sp³-hybridized carbons (Fsp3) is 0.200. The Kier molecular flexibility index (Phi) is 3.88. The quantitative estimate of drug-likeness (QED) is 0.787. The summed E-state index contributed by atoms with van der Waals surface area (Å²) in [6.45, 7) is 0.0112. The molecular weight excluding hydrogens is 332 g/mol. The van der Waals surface area contributed by atoms with Gasteiger partial charge in [-0.3, -0.25) is 29.0 Å². The van der Waals surface area contributed by atoms with E-state index in [-0.39, 0.29) is 49.6 Å². The Balaban J connectivity index is 1.53. The Morgan fingerprint density at radius 1 is 0.615 bits per heavy atom. The first-order valence-corrected chi connectivity index (χ1v) is 8.41. The number of imide groups is 2. The van der Waals surface area contributed by atoms with Crippen molar-refractivity contribution in [3.8, 4) is 0 Å². The van der Waals surface area contributed by atoms with E-state index in [0.29, 0.717) is 22.3 Å². The molecule has 0 fully saturated rings. The van der Waals surface area contributed by atoms with Crippen molar-refractivity contribution in [1.29, 1.82) is 0 Å². The van der Waals surface area contributed by atoms with Gasteiger partial charge in [0.1, 0.15) is 0 Å². The normalized spacial score (nSPS) is 16.6. The lowest BCUT2D eigenvalue weighted by Gasteiger charge is -2.31. The molecule has 0 spiro atoms. The number of carbonyl (C=O) groups excluding carboxylic acids is 4. The second-order valence-electron chi connectivity index (χ2n) is 6.37. The molecular formula is C20H16N2O4. The van der Waals surface area contributed by atoms with Gasteiger partial charge in [-0.05, 0) is 23.3 Å². The van der Waals surface area contributed by atoms with E-state index in [1.807, 2.05) is 0 Å². The minimum absolute atomic E-state index is 0.00560. The average molecular weight is 348 g/mol. The first kappa shape index (κ1) is 16.2. The van der Waals surface area contributed by atoms with Gasteiger partial charge in [-0.2, -0.15) is 0 Å². The molecule has 4 rings (SSSR count). The van der Waals surface area contributed by atoms with Gasteiger partial charge < -0.3 is 0 Å².